The Hall–Kier alpha value is -0.650. The van der Waals surface area contributed by atoms with Crippen LogP contribution in [0.25, 0.3) is 0 Å². The van der Waals surface area contributed by atoms with Gasteiger partial charge in [0.15, 0.2) is 0 Å². The second-order valence-electron chi connectivity index (χ2n) is 6.33. The van der Waals surface area contributed by atoms with Crippen LogP contribution in [-0.4, -0.2) is 73.4 Å². The number of carbonyl (C=O) groups excluding carboxylic acids is 1. The van der Waals surface area contributed by atoms with E-state index in [-0.39, 0.29) is 12.6 Å². The number of unbranched alkanes of at least 4 members (excludes halogenated alkanes) is 4. The van der Waals surface area contributed by atoms with Crippen LogP contribution < -0.4 is 0 Å². The highest BCUT2D eigenvalue weighted by Gasteiger charge is 2.09. The molecule has 0 rings (SSSR count). The monoisotopic (exact) mass is 344 g/mol. The molecule has 0 aromatic heterocycles. The molecule has 5 nitrogen and oxygen atoms in total. The van der Waals surface area contributed by atoms with Crippen LogP contribution in [0.15, 0.2) is 0 Å². The molecule has 0 atom stereocenters. The van der Waals surface area contributed by atoms with Gasteiger partial charge in [0.25, 0.3) is 0 Å². The average Bonchev–Trinajstić information content (AvgIpc) is 2.59. The standard InChI is InChI=1S/C19H40N2O3/c1-4-7-8-9-10-18-24-19(23)12-15-21(16-17-22)14-11-13-20(5-2)6-3/h22H,4-18H2,1-3H3. The zero-order valence-corrected chi connectivity index (χ0v) is 16.3. The molecule has 24 heavy (non-hydrogen) atoms. The summed E-state index contributed by atoms with van der Waals surface area (Å²) in [6.45, 7) is 12.7. The fraction of sp³-hybridized carbons (Fsp3) is 0.947. The van der Waals surface area contributed by atoms with Crippen molar-refractivity contribution >= 4 is 5.97 Å². The molecule has 0 fully saturated rings. The molecule has 0 amide bonds. The number of aliphatic hydroxyl groups excluding tert-OH is 1. The minimum absolute atomic E-state index is 0.114. The lowest BCUT2D eigenvalue weighted by Crippen LogP contribution is -2.33. The predicted octanol–water partition coefficient (Wildman–Crippen LogP) is 2.92. The molecule has 0 unspecified atom stereocenters. The number of ether oxygens (including phenoxy) is 1. The Kier molecular flexibility index (Phi) is 16.7. The van der Waals surface area contributed by atoms with E-state index in [1.807, 2.05) is 0 Å². The van der Waals surface area contributed by atoms with Crippen molar-refractivity contribution in [1.82, 2.24) is 9.80 Å². The van der Waals surface area contributed by atoms with E-state index in [0.717, 1.165) is 45.4 Å². The van der Waals surface area contributed by atoms with E-state index in [4.69, 9.17) is 4.74 Å². The number of hydrogen-bond acceptors (Lipinski definition) is 5. The molecule has 0 aromatic rings. The lowest BCUT2D eigenvalue weighted by Gasteiger charge is -2.23. The van der Waals surface area contributed by atoms with Crippen LogP contribution in [0.5, 0.6) is 0 Å². The lowest BCUT2D eigenvalue weighted by molar-refractivity contribution is -0.144. The summed E-state index contributed by atoms with van der Waals surface area (Å²) in [5, 5.41) is 9.18. The van der Waals surface area contributed by atoms with Crippen molar-refractivity contribution in [1.29, 1.82) is 0 Å². The van der Waals surface area contributed by atoms with E-state index >= 15 is 0 Å². The van der Waals surface area contributed by atoms with E-state index < -0.39 is 0 Å². The number of esters is 1. The first-order valence-electron chi connectivity index (χ1n) is 9.89. The molecular formula is C19H40N2O3. The van der Waals surface area contributed by atoms with Crippen molar-refractivity contribution < 1.29 is 14.6 Å². The van der Waals surface area contributed by atoms with E-state index in [9.17, 15) is 9.90 Å². The zero-order chi connectivity index (χ0) is 18.0. The number of carbonyl (C=O) groups is 1. The fourth-order valence-corrected chi connectivity index (χ4v) is 2.75. The molecule has 0 aliphatic heterocycles. The first kappa shape index (κ1) is 23.4. The molecule has 0 radical (unpaired) electrons. The molecule has 0 aromatic carbocycles. The van der Waals surface area contributed by atoms with E-state index in [1.54, 1.807) is 0 Å². The maximum Gasteiger partial charge on any atom is 0.307 e. The molecule has 1 N–H and O–H groups in total. The van der Waals surface area contributed by atoms with Gasteiger partial charge in [-0.1, -0.05) is 46.5 Å². The molecule has 5 heteroatoms. The average molecular weight is 345 g/mol. The lowest BCUT2D eigenvalue weighted by atomic mass is 10.2. The Balaban J connectivity index is 3.79. The highest BCUT2D eigenvalue weighted by atomic mass is 16.5. The number of aliphatic hydroxyl groups is 1. The predicted molar refractivity (Wildman–Crippen MR) is 100 cm³/mol. The molecule has 0 heterocycles. The normalized spacial score (nSPS) is 11.4. The minimum Gasteiger partial charge on any atom is -0.466 e. The summed E-state index contributed by atoms with van der Waals surface area (Å²) in [7, 11) is 0. The van der Waals surface area contributed by atoms with Crippen LogP contribution >= 0.6 is 0 Å². The van der Waals surface area contributed by atoms with Gasteiger partial charge < -0.3 is 19.6 Å². The molecule has 144 valence electrons. The third kappa shape index (κ3) is 13.8. The number of rotatable bonds is 17. The molecule has 0 spiro atoms. The maximum atomic E-state index is 11.8. The number of hydrogen-bond donors (Lipinski definition) is 1. The third-order valence-electron chi connectivity index (χ3n) is 4.40. The summed E-state index contributed by atoms with van der Waals surface area (Å²) >= 11 is 0. The smallest absolute Gasteiger partial charge is 0.307 e. The third-order valence-corrected chi connectivity index (χ3v) is 4.40. The first-order chi connectivity index (χ1) is 11.7. The van der Waals surface area contributed by atoms with Crippen LogP contribution in [0.4, 0.5) is 0 Å². The summed E-state index contributed by atoms with van der Waals surface area (Å²) in [4.78, 5) is 16.3. The van der Waals surface area contributed by atoms with Gasteiger partial charge in [-0.2, -0.15) is 0 Å². The molecule has 0 aliphatic carbocycles. The quantitative estimate of drug-likeness (QED) is 0.325. The Bertz CT molecular complexity index is 284. The van der Waals surface area contributed by atoms with Gasteiger partial charge in [0.1, 0.15) is 0 Å². The van der Waals surface area contributed by atoms with Crippen molar-refractivity contribution in [2.45, 2.75) is 65.7 Å². The highest BCUT2D eigenvalue weighted by molar-refractivity contribution is 5.69. The van der Waals surface area contributed by atoms with Gasteiger partial charge in [0.2, 0.25) is 0 Å². The van der Waals surface area contributed by atoms with Crippen molar-refractivity contribution in [3.05, 3.63) is 0 Å². The molecule has 0 saturated carbocycles. The minimum atomic E-state index is -0.114. The molecular weight excluding hydrogens is 304 g/mol. The van der Waals surface area contributed by atoms with Crippen LogP contribution in [0.1, 0.15) is 65.7 Å². The molecule has 0 aliphatic rings. The van der Waals surface area contributed by atoms with Gasteiger partial charge in [0, 0.05) is 13.1 Å². The van der Waals surface area contributed by atoms with Gasteiger partial charge in [-0.15, -0.1) is 0 Å². The SMILES string of the molecule is CCCCCCCOC(=O)CCN(CCO)CCCN(CC)CC. The van der Waals surface area contributed by atoms with Gasteiger partial charge >= 0.3 is 5.97 Å². The Labute approximate surface area is 149 Å². The van der Waals surface area contributed by atoms with Gasteiger partial charge in [-0.25, -0.2) is 0 Å². The van der Waals surface area contributed by atoms with Crippen molar-refractivity contribution in [3.8, 4) is 0 Å². The zero-order valence-electron chi connectivity index (χ0n) is 16.3. The molecule has 0 bridgehead atoms. The van der Waals surface area contributed by atoms with Gasteiger partial charge in [0.05, 0.1) is 19.6 Å². The Morgan fingerprint density at radius 3 is 2.12 bits per heavy atom. The number of nitrogens with zero attached hydrogens (tertiary/aromatic N) is 2. The highest BCUT2D eigenvalue weighted by Crippen LogP contribution is 2.03. The first-order valence-corrected chi connectivity index (χ1v) is 9.89. The summed E-state index contributed by atoms with van der Waals surface area (Å²) in [5.41, 5.74) is 0. The summed E-state index contributed by atoms with van der Waals surface area (Å²) in [6.07, 6.45) is 7.31. The summed E-state index contributed by atoms with van der Waals surface area (Å²) in [5.74, 6) is -0.114. The fourth-order valence-electron chi connectivity index (χ4n) is 2.75. The van der Waals surface area contributed by atoms with Crippen LogP contribution in [0.2, 0.25) is 0 Å². The van der Waals surface area contributed by atoms with Crippen molar-refractivity contribution in [3.63, 3.8) is 0 Å². The maximum absolute atomic E-state index is 11.8. The Morgan fingerprint density at radius 2 is 1.50 bits per heavy atom. The largest absolute Gasteiger partial charge is 0.466 e. The van der Waals surface area contributed by atoms with Gasteiger partial charge in [-0.3, -0.25) is 4.79 Å². The second-order valence-corrected chi connectivity index (χ2v) is 6.33. The topological polar surface area (TPSA) is 53.0 Å². The summed E-state index contributed by atoms with van der Waals surface area (Å²) < 4.78 is 5.29. The second kappa shape index (κ2) is 17.2. The summed E-state index contributed by atoms with van der Waals surface area (Å²) in [6, 6.07) is 0. The molecule has 0 saturated heterocycles. The van der Waals surface area contributed by atoms with Crippen LogP contribution in [0, 0.1) is 0 Å². The van der Waals surface area contributed by atoms with Crippen LogP contribution in [0.3, 0.4) is 0 Å². The Morgan fingerprint density at radius 1 is 0.833 bits per heavy atom. The van der Waals surface area contributed by atoms with E-state index in [0.29, 0.717) is 26.1 Å². The van der Waals surface area contributed by atoms with Crippen molar-refractivity contribution in [2.24, 2.45) is 0 Å². The van der Waals surface area contributed by atoms with E-state index in [2.05, 4.69) is 30.6 Å². The van der Waals surface area contributed by atoms with Gasteiger partial charge in [-0.05, 0) is 39.0 Å². The van der Waals surface area contributed by atoms with Crippen molar-refractivity contribution in [2.75, 3.05) is 52.5 Å². The van der Waals surface area contributed by atoms with Crippen LogP contribution in [-0.2, 0) is 9.53 Å². The van der Waals surface area contributed by atoms with E-state index in [1.165, 1.54) is 19.3 Å².